The first-order chi connectivity index (χ1) is 11.6. The van der Waals surface area contributed by atoms with Gasteiger partial charge < -0.3 is 4.57 Å². The Labute approximate surface area is 141 Å². The summed E-state index contributed by atoms with van der Waals surface area (Å²) in [5, 5.41) is 17.1. The molecule has 1 aliphatic rings. The van der Waals surface area contributed by atoms with Gasteiger partial charge in [-0.15, -0.1) is 10.2 Å². The lowest BCUT2D eigenvalue weighted by Crippen LogP contribution is -2.39. The number of sulfonamides is 1. The van der Waals surface area contributed by atoms with Crippen molar-refractivity contribution in [2.75, 3.05) is 6.54 Å². The van der Waals surface area contributed by atoms with Crippen LogP contribution in [-0.4, -0.2) is 34.0 Å². The summed E-state index contributed by atoms with van der Waals surface area (Å²) in [6.45, 7) is 3.11. The molecule has 0 radical (unpaired) electrons. The molecule has 7 nitrogen and oxygen atoms in total. The minimum atomic E-state index is -3.69. The molecule has 2 aromatic rings. The Bertz CT molecular complexity index is 869. The zero-order valence-electron chi connectivity index (χ0n) is 13.5. The number of aryl methyl sites for hydroxylation is 1. The van der Waals surface area contributed by atoms with Crippen molar-refractivity contribution in [2.45, 2.75) is 43.7 Å². The van der Waals surface area contributed by atoms with Gasteiger partial charge in [0.1, 0.15) is 6.33 Å². The highest BCUT2D eigenvalue weighted by molar-refractivity contribution is 7.89. The van der Waals surface area contributed by atoms with Gasteiger partial charge in [0.15, 0.2) is 5.82 Å². The Balaban J connectivity index is 2.02. The SMILES string of the molecule is CCn1cnnc1[C@H]1CCCCN1S(=O)(=O)c1cccc(C#N)c1. The summed E-state index contributed by atoms with van der Waals surface area (Å²) < 4.78 is 29.6. The number of rotatable bonds is 4. The fraction of sp³-hybridized carbons (Fsp3) is 0.438. The third kappa shape index (κ3) is 2.92. The molecule has 0 unspecified atom stereocenters. The monoisotopic (exact) mass is 345 g/mol. The molecule has 0 spiro atoms. The van der Waals surface area contributed by atoms with Crippen LogP contribution in [0.4, 0.5) is 0 Å². The van der Waals surface area contributed by atoms with Gasteiger partial charge in [0, 0.05) is 13.1 Å². The Morgan fingerprint density at radius 2 is 2.21 bits per heavy atom. The molecule has 1 saturated heterocycles. The van der Waals surface area contributed by atoms with Gasteiger partial charge in [-0.2, -0.15) is 9.57 Å². The molecule has 1 aromatic heterocycles. The van der Waals surface area contributed by atoms with E-state index in [2.05, 4.69) is 10.2 Å². The minimum absolute atomic E-state index is 0.149. The molecule has 3 rings (SSSR count). The Morgan fingerprint density at radius 1 is 1.38 bits per heavy atom. The van der Waals surface area contributed by atoms with Gasteiger partial charge in [0.2, 0.25) is 10.0 Å². The summed E-state index contributed by atoms with van der Waals surface area (Å²) in [6, 6.07) is 7.82. The number of aromatic nitrogens is 3. The number of nitriles is 1. The number of benzene rings is 1. The molecule has 0 aliphatic carbocycles. The van der Waals surface area contributed by atoms with Gasteiger partial charge in [-0.1, -0.05) is 12.5 Å². The van der Waals surface area contributed by atoms with Crippen LogP contribution >= 0.6 is 0 Å². The number of nitrogens with zero attached hydrogens (tertiary/aromatic N) is 5. The molecule has 1 aliphatic heterocycles. The average Bonchev–Trinajstić information content (AvgIpc) is 3.10. The predicted molar refractivity (Wildman–Crippen MR) is 87.3 cm³/mol. The van der Waals surface area contributed by atoms with Crippen molar-refractivity contribution in [3.63, 3.8) is 0 Å². The molecule has 24 heavy (non-hydrogen) atoms. The zero-order chi connectivity index (χ0) is 17.2. The van der Waals surface area contributed by atoms with Crippen LogP contribution in [0.25, 0.3) is 0 Å². The van der Waals surface area contributed by atoms with Crippen LogP contribution in [0.2, 0.25) is 0 Å². The lowest BCUT2D eigenvalue weighted by Gasteiger charge is -2.34. The quantitative estimate of drug-likeness (QED) is 0.846. The topological polar surface area (TPSA) is 91.9 Å². The van der Waals surface area contributed by atoms with E-state index in [-0.39, 0.29) is 10.9 Å². The molecular weight excluding hydrogens is 326 g/mol. The predicted octanol–water partition coefficient (Wildman–Crippen LogP) is 2.09. The molecule has 8 heteroatoms. The van der Waals surface area contributed by atoms with E-state index in [9.17, 15) is 8.42 Å². The van der Waals surface area contributed by atoms with E-state index in [1.54, 1.807) is 18.5 Å². The van der Waals surface area contributed by atoms with Crippen molar-refractivity contribution in [3.8, 4) is 6.07 Å². The zero-order valence-corrected chi connectivity index (χ0v) is 14.3. The van der Waals surface area contributed by atoms with Crippen molar-refractivity contribution >= 4 is 10.0 Å². The van der Waals surface area contributed by atoms with Crippen molar-refractivity contribution in [1.29, 1.82) is 5.26 Å². The van der Waals surface area contributed by atoms with Gasteiger partial charge in [-0.05, 0) is 38.0 Å². The normalized spacial score (nSPS) is 19.1. The number of piperidine rings is 1. The summed E-state index contributed by atoms with van der Waals surface area (Å²) in [5.41, 5.74) is 0.335. The molecule has 0 N–H and O–H groups in total. The second kappa shape index (κ2) is 6.71. The smallest absolute Gasteiger partial charge is 0.243 e. The molecule has 1 aromatic carbocycles. The van der Waals surface area contributed by atoms with Crippen LogP contribution in [0.5, 0.6) is 0 Å². The molecule has 1 atom stereocenters. The summed E-state index contributed by atoms with van der Waals surface area (Å²) in [4.78, 5) is 0.149. The van der Waals surface area contributed by atoms with E-state index < -0.39 is 10.0 Å². The second-order valence-corrected chi connectivity index (χ2v) is 7.63. The van der Waals surface area contributed by atoms with Gasteiger partial charge in [-0.3, -0.25) is 0 Å². The van der Waals surface area contributed by atoms with E-state index in [4.69, 9.17) is 5.26 Å². The highest BCUT2D eigenvalue weighted by Crippen LogP contribution is 2.34. The lowest BCUT2D eigenvalue weighted by atomic mass is 10.0. The van der Waals surface area contributed by atoms with Gasteiger partial charge in [0.25, 0.3) is 0 Å². The average molecular weight is 345 g/mol. The lowest BCUT2D eigenvalue weighted by molar-refractivity contribution is 0.241. The summed E-state index contributed by atoms with van der Waals surface area (Å²) >= 11 is 0. The van der Waals surface area contributed by atoms with Crippen LogP contribution in [0.15, 0.2) is 35.5 Å². The van der Waals surface area contributed by atoms with Gasteiger partial charge in [0.05, 0.1) is 22.6 Å². The largest absolute Gasteiger partial charge is 0.317 e. The summed E-state index contributed by atoms with van der Waals surface area (Å²) in [5.74, 6) is 0.678. The van der Waals surface area contributed by atoms with Crippen LogP contribution in [-0.2, 0) is 16.6 Å². The van der Waals surface area contributed by atoms with Crippen LogP contribution < -0.4 is 0 Å². The Morgan fingerprint density at radius 3 is 2.96 bits per heavy atom. The summed E-state index contributed by atoms with van der Waals surface area (Å²) in [7, 11) is -3.69. The molecule has 0 bridgehead atoms. The minimum Gasteiger partial charge on any atom is -0.317 e. The number of hydrogen-bond donors (Lipinski definition) is 0. The van der Waals surface area contributed by atoms with Crippen molar-refractivity contribution in [1.82, 2.24) is 19.1 Å². The first-order valence-electron chi connectivity index (χ1n) is 7.97. The van der Waals surface area contributed by atoms with E-state index >= 15 is 0 Å². The highest BCUT2D eigenvalue weighted by Gasteiger charge is 2.36. The van der Waals surface area contributed by atoms with Gasteiger partial charge in [-0.25, -0.2) is 8.42 Å². The third-order valence-electron chi connectivity index (χ3n) is 4.31. The Kier molecular flexibility index (Phi) is 4.64. The molecular formula is C16H19N5O2S. The van der Waals surface area contributed by atoms with E-state index in [1.165, 1.54) is 16.4 Å². The maximum Gasteiger partial charge on any atom is 0.243 e. The van der Waals surface area contributed by atoms with Crippen LogP contribution in [0.1, 0.15) is 43.6 Å². The van der Waals surface area contributed by atoms with E-state index in [0.717, 1.165) is 19.3 Å². The highest BCUT2D eigenvalue weighted by atomic mass is 32.2. The maximum absolute atomic E-state index is 13.1. The molecule has 1 fully saturated rings. The fourth-order valence-electron chi connectivity index (χ4n) is 3.08. The Hall–Kier alpha value is -2.24. The fourth-order valence-corrected chi connectivity index (χ4v) is 4.78. The maximum atomic E-state index is 13.1. The summed E-state index contributed by atoms with van der Waals surface area (Å²) in [6.07, 6.45) is 4.11. The first-order valence-corrected chi connectivity index (χ1v) is 9.41. The van der Waals surface area contributed by atoms with Crippen molar-refractivity contribution in [2.24, 2.45) is 0 Å². The first kappa shape index (κ1) is 16.6. The van der Waals surface area contributed by atoms with E-state index in [1.807, 2.05) is 17.6 Å². The molecule has 2 heterocycles. The van der Waals surface area contributed by atoms with E-state index in [0.29, 0.717) is 24.5 Å². The third-order valence-corrected chi connectivity index (χ3v) is 6.21. The standard InChI is InChI=1S/C16H19N5O2S/c1-2-20-12-18-19-16(20)15-8-3-4-9-21(15)24(22,23)14-7-5-6-13(10-14)11-17/h5-7,10,12,15H,2-4,8-9H2,1H3/t15-/m1/s1. The van der Waals surface area contributed by atoms with Crippen LogP contribution in [0.3, 0.4) is 0 Å². The molecule has 126 valence electrons. The van der Waals surface area contributed by atoms with Crippen molar-refractivity contribution < 1.29 is 8.42 Å². The number of hydrogen-bond acceptors (Lipinski definition) is 5. The van der Waals surface area contributed by atoms with Gasteiger partial charge >= 0.3 is 0 Å². The second-order valence-electron chi connectivity index (χ2n) is 5.74. The molecule has 0 saturated carbocycles. The van der Waals surface area contributed by atoms with Crippen LogP contribution in [0, 0.1) is 11.3 Å². The molecule has 0 amide bonds. The van der Waals surface area contributed by atoms with Crippen molar-refractivity contribution in [3.05, 3.63) is 42.0 Å².